The van der Waals surface area contributed by atoms with Crippen LogP contribution in [0.2, 0.25) is 0 Å². The van der Waals surface area contributed by atoms with Gasteiger partial charge >= 0.3 is 0 Å². The minimum Gasteiger partial charge on any atom is -1.00 e. The van der Waals surface area contributed by atoms with E-state index in [1.54, 1.807) is 30.2 Å². The maximum atomic E-state index is 9.61. The summed E-state index contributed by atoms with van der Waals surface area (Å²) in [5.41, 5.74) is 4.54. The van der Waals surface area contributed by atoms with Gasteiger partial charge in [-0.3, -0.25) is 0 Å². The molecule has 0 atom stereocenters. The Balaban J connectivity index is 0.00000289. The first-order valence-corrected chi connectivity index (χ1v) is 11.9. The number of aliphatic hydroxyl groups excluding tert-OH is 2. The predicted molar refractivity (Wildman–Crippen MR) is 129 cm³/mol. The number of fused-ring (bicyclic) bond motifs is 2. The lowest BCUT2D eigenvalue weighted by Gasteiger charge is -2.19. The number of aliphatic hydroxyl groups is 2. The number of thiazole rings is 1. The molecular weight excluding hydrogens is 508 g/mol. The van der Waals surface area contributed by atoms with E-state index in [-0.39, 0.29) is 30.2 Å². The minimum absolute atomic E-state index is 0. The summed E-state index contributed by atoms with van der Waals surface area (Å²) in [6.07, 6.45) is 4.33. The number of thioether (sulfide) groups is 1. The molecule has 170 valence electrons. The summed E-state index contributed by atoms with van der Waals surface area (Å²) in [5.74, 6) is 0.807. The molecule has 4 rings (SSSR count). The normalized spacial score (nSPS) is 14.7. The van der Waals surface area contributed by atoms with E-state index < -0.39 is 0 Å². The van der Waals surface area contributed by atoms with Gasteiger partial charge in [-0.15, -0.1) is 0 Å². The van der Waals surface area contributed by atoms with Crippen LogP contribution in [0.25, 0.3) is 16.3 Å². The van der Waals surface area contributed by atoms with E-state index >= 15 is 0 Å². The van der Waals surface area contributed by atoms with Crippen molar-refractivity contribution < 1.29 is 36.5 Å². The van der Waals surface area contributed by atoms with Crippen LogP contribution in [0.4, 0.5) is 5.69 Å². The number of allylic oxidation sites excluding steroid dienone is 2. The highest BCUT2D eigenvalue weighted by Gasteiger charge is 2.25. The maximum Gasteiger partial charge on any atom is 0.263 e. The monoisotopic (exact) mass is 534 g/mol. The molecule has 0 bridgehead atoms. The van der Waals surface area contributed by atoms with Crippen LogP contribution in [0.15, 0.2) is 58.0 Å². The number of hydrogen-bond donors (Lipinski definition) is 2. The van der Waals surface area contributed by atoms with Gasteiger partial charge in [0.25, 0.3) is 5.01 Å². The van der Waals surface area contributed by atoms with Crippen LogP contribution >= 0.6 is 23.1 Å². The van der Waals surface area contributed by atoms with E-state index in [4.69, 9.17) is 4.74 Å². The van der Waals surface area contributed by atoms with Crippen LogP contribution in [0.3, 0.4) is 0 Å². The number of benzene rings is 2. The molecule has 5 nitrogen and oxygen atoms in total. The number of ether oxygens (including phenoxy) is 1. The largest absolute Gasteiger partial charge is 1.00 e. The summed E-state index contributed by atoms with van der Waals surface area (Å²) in [7, 11) is 1.66. The van der Waals surface area contributed by atoms with Gasteiger partial charge in [-0.1, -0.05) is 29.2 Å². The molecule has 8 heteroatoms. The Bertz CT molecular complexity index is 1170. The molecule has 2 N–H and O–H groups in total. The van der Waals surface area contributed by atoms with Gasteiger partial charge in [0, 0.05) is 17.5 Å². The summed E-state index contributed by atoms with van der Waals surface area (Å²) in [6, 6.07) is 12.5. The summed E-state index contributed by atoms with van der Waals surface area (Å²) in [4.78, 5) is 3.39. The molecule has 0 radical (unpaired) electrons. The highest BCUT2D eigenvalue weighted by atomic mass is 79.9. The number of β-amino-alcohol motifs (C(OH)–C–C–N with tert-alkyl or cyclic N) is 1. The van der Waals surface area contributed by atoms with Crippen LogP contribution in [-0.2, 0) is 6.54 Å². The van der Waals surface area contributed by atoms with E-state index in [1.165, 1.54) is 10.5 Å². The number of aryl methyl sites for hydroxylation is 1. The van der Waals surface area contributed by atoms with Crippen LogP contribution in [0.1, 0.15) is 17.5 Å². The first-order valence-electron chi connectivity index (χ1n) is 10.2. The Morgan fingerprint density at radius 1 is 1.16 bits per heavy atom. The Kier molecular flexibility index (Phi) is 8.41. The number of hydrogen-bond acceptors (Lipinski definition) is 6. The summed E-state index contributed by atoms with van der Waals surface area (Å²) >= 11 is 3.43. The molecule has 32 heavy (non-hydrogen) atoms. The highest BCUT2D eigenvalue weighted by molar-refractivity contribution is 8.03. The SMILES string of the molecule is COc1ccc2sc(C=C(C)C=C3Sc4ccc(C)cc4N3CCO)[n+](CCO)c2c1.[Br-]. The van der Waals surface area contributed by atoms with E-state index in [9.17, 15) is 10.2 Å². The van der Waals surface area contributed by atoms with E-state index in [2.05, 4.69) is 59.7 Å². The third kappa shape index (κ3) is 5.05. The van der Waals surface area contributed by atoms with Gasteiger partial charge in [-0.05, 0) is 55.3 Å². The van der Waals surface area contributed by atoms with Gasteiger partial charge in [-0.25, -0.2) is 0 Å². The van der Waals surface area contributed by atoms with Gasteiger partial charge < -0.3 is 36.8 Å². The molecule has 0 spiro atoms. The number of halogens is 1. The second kappa shape index (κ2) is 10.9. The highest BCUT2D eigenvalue weighted by Crippen LogP contribution is 2.46. The van der Waals surface area contributed by atoms with Crippen LogP contribution in [-0.4, -0.2) is 37.1 Å². The number of rotatable bonds is 7. The molecule has 1 aliphatic rings. The first kappa shape index (κ1) is 24.8. The minimum atomic E-state index is 0. The molecule has 2 aromatic carbocycles. The summed E-state index contributed by atoms with van der Waals surface area (Å²) < 4.78 is 8.67. The van der Waals surface area contributed by atoms with E-state index in [0.717, 1.165) is 37.3 Å². The summed E-state index contributed by atoms with van der Waals surface area (Å²) in [6.45, 7) is 5.44. The molecule has 1 aromatic heterocycles. The second-order valence-corrected chi connectivity index (χ2v) is 9.59. The number of nitrogens with zero attached hydrogens (tertiary/aromatic N) is 2. The zero-order chi connectivity index (χ0) is 22.0. The average Bonchev–Trinajstić information content (AvgIpc) is 3.26. The van der Waals surface area contributed by atoms with Gasteiger partial charge in [-0.2, -0.15) is 4.57 Å². The molecule has 0 aliphatic carbocycles. The number of aromatic nitrogens is 1. The molecule has 0 amide bonds. The molecule has 3 aromatic rings. The average molecular weight is 536 g/mol. The number of methoxy groups -OCH3 is 1. The second-order valence-electron chi connectivity index (χ2n) is 7.47. The maximum absolute atomic E-state index is 9.61. The van der Waals surface area contributed by atoms with Gasteiger partial charge in [0.15, 0.2) is 6.54 Å². The van der Waals surface area contributed by atoms with Crippen molar-refractivity contribution in [2.45, 2.75) is 25.3 Å². The Morgan fingerprint density at radius 3 is 2.69 bits per heavy atom. The molecule has 0 fully saturated rings. The van der Waals surface area contributed by atoms with Crippen LogP contribution < -0.4 is 31.2 Å². The summed E-state index contributed by atoms with van der Waals surface area (Å²) in [5, 5.41) is 21.4. The molecule has 1 aliphatic heterocycles. The van der Waals surface area contributed by atoms with Crippen molar-refractivity contribution in [3.63, 3.8) is 0 Å². The molecule has 0 unspecified atom stereocenters. The number of anilines is 1. The van der Waals surface area contributed by atoms with Crippen molar-refractivity contribution >= 4 is 45.1 Å². The third-order valence-electron chi connectivity index (χ3n) is 5.17. The third-order valence-corrected chi connectivity index (χ3v) is 7.40. The standard InChI is InChI=1S/C24H27N2O3S2.BrH/c1-16-4-6-21-19(12-16)25(8-10-27)23(30-21)13-17(2)14-24-26(9-11-28)20-15-18(29-3)5-7-22(20)31-24;/h4-7,12-15,27-28H,8-11H2,1-3H3;1H/q+1;/p-1. The van der Waals surface area contributed by atoms with Crippen molar-refractivity contribution in [1.82, 2.24) is 0 Å². The quantitative estimate of drug-likeness (QED) is 0.448. The van der Waals surface area contributed by atoms with Gasteiger partial charge in [0.1, 0.15) is 17.1 Å². The van der Waals surface area contributed by atoms with Crippen molar-refractivity contribution in [3.8, 4) is 5.75 Å². The smallest absolute Gasteiger partial charge is 0.263 e. The zero-order valence-corrected chi connectivity index (χ0v) is 21.6. The first-order chi connectivity index (χ1) is 15.0. The fourth-order valence-corrected chi connectivity index (χ4v) is 6.09. The van der Waals surface area contributed by atoms with E-state index in [1.807, 2.05) is 12.1 Å². The Morgan fingerprint density at radius 2 is 1.97 bits per heavy atom. The van der Waals surface area contributed by atoms with Crippen LogP contribution in [0.5, 0.6) is 5.75 Å². The fourth-order valence-electron chi connectivity index (χ4n) is 3.73. The molecule has 0 saturated heterocycles. The zero-order valence-electron chi connectivity index (χ0n) is 18.3. The molecule has 0 saturated carbocycles. The Labute approximate surface area is 207 Å². The van der Waals surface area contributed by atoms with Crippen molar-refractivity contribution in [2.24, 2.45) is 0 Å². The topological polar surface area (TPSA) is 56.8 Å². The lowest BCUT2D eigenvalue weighted by Crippen LogP contribution is -3.00. The van der Waals surface area contributed by atoms with Crippen molar-refractivity contribution in [3.05, 3.63) is 63.6 Å². The predicted octanol–water partition coefficient (Wildman–Crippen LogP) is 1.35. The van der Waals surface area contributed by atoms with Gasteiger partial charge in [0.2, 0.25) is 5.52 Å². The Hall–Kier alpha value is -1.84. The van der Waals surface area contributed by atoms with Crippen molar-refractivity contribution in [2.75, 3.05) is 31.8 Å². The van der Waals surface area contributed by atoms with E-state index in [0.29, 0.717) is 13.1 Å². The van der Waals surface area contributed by atoms with Crippen LogP contribution in [0, 0.1) is 6.92 Å². The fraction of sp³-hybridized carbons (Fsp3) is 0.292. The van der Waals surface area contributed by atoms with Crippen molar-refractivity contribution in [1.29, 1.82) is 0 Å². The lowest BCUT2D eigenvalue weighted by molar-refractivity contribution is -0.670. The van der Waals surface area contributed by atoms with Gasteiger partial charge in [0.05, 0.1) is 30.5 Å². The lowest BCUT2D eigenvalue weighted by atomic mass is 10.2. The molecule has 2 heterocycles. The molecular formula is C24H27BrN2O3S2.